The minimum Gasteiger partial charge on any atom is -0.406 e. The molecule has 2 unspecified atom stereocenters. The maximum atomic E-state index is 13.1. The van der Waals surface area contributed by atoms with Gasteiger partial charge in [-0.25, -0.2) is 0 Å². The summed E-state index contributed by atoms with van der Waals surface area (Å²) in [4.78, 5) is 0. The van der Waals surface area contributed by atoms with Crippen LogP contribution in [0.1, 0.15) is 6.42 Å². The summed E-state index contributed by atoms with van der Waals surface area (Å²) in [6, 6.07) is -0.996. The Labute approximate surface area is 106 Å². The van der Waals surface area contributed by atoms with Crippen molar-refractivity contribution in [1.29, 1.82) is 0 Å². The monoisotopic (exact) mass is 313 g/mol. The third kappa shape index (κ3) is 3.05. The third-order valence-corrected chi connectivity index (χ3v) is 6.14. The number of hydrogen-bond acceptors (Lipinski definition) is 2. The summed E-state index contributed by atoms with van der Waals surface area (Å²) >= 11 is 0. The Balaban J connectivity index is 2.74. The van der Waals surface area contributed by atoms with Crippen molar-refractivity contribution in [2.75, 3.05) is 13.7 Å². The molecule has 1 heterocycles. The van der Waals surface area contributed by atoms with Gasteiger partial charge in [-0.05, 0) is 13.1 Å². The minimum absolute atomic E-state index is 0.0522. The van der Waals surface area contributed by atoms with Gasteiger partial charge in [0.2, 0.25) is 0 Å². The summed E-state index contributed by atoms with van der Waals surface area (Å²) in [6.07, 6.45) is -7.79. The first-order valence-corrected chi connectivity index (χ1v) is 8.26. The van der Waals surface area contributed by atoms with E-state index in [1.54, 1.807) is 13.1 Å². The van der Waals surface area contributed by atoms with Crippen molar-refractivity contribution in [3.8, 4) is 0 Å². The number of nitrogens with zero attached hydrogens (tertiary/aromatic N) is 1. The van der Waals surface area contributed by atoms with E-state index in [1.807, 2.05) is 0 Å². The maximum Gasteiger partial charge on any atom is 0.459 e. The van der Waals surface area contributed by atoms with Crippen molar-refractivity contribution in [2.24, 2.45) is 0 Å². The van der Waals surface area contributed by atoms with Gasteiger partial charge in [-0.2, -0.15) is 30.7 Å². The quantitative estimate of drug-likeness (QED) is 0.439. The summed E-state index contributed by atoms with van der Waals surface area (Å²) in [5.41, 5.74) is 0. The number of alkyl halides is 7. The predicted molar refractivity (Wildman–Crippen MR) is 55.6 cm³/mol. The first-order chi connectivity index (χ1) is 8.26. The summed E-state index contributed by atoms with van der Waals surface area (Å²) in [5, 5.41) is 0. The molecule has 2 nitrogen and oxygen atoms in total. The molecule has 10 heteroatoms. The summed E-state index contributed by atoms with van der Waals surface area (Å²) in [5.74, 6) is -11.1. The molecule has 1 rings (SSSR count). The highest BCUT2D eigenvalue weighted by atomic mass is 28.4. The van der Waals surface area contributed by atoms with E-state index in [4.69, 9.17) is 4.43 Å². The molecule has 1 aliphatic heterocycles. The lowest BCUT2D eigenvalue weighted by Gasteiger charge is -2.29. The molecule has 0 radical (unpaired) electrons. The zero-order valence-electron chi connectivity index (χ0n) is 10.5. The van der Waals surface area contributed by atoms with Crippen LogP contribution in [0, 0.1) is 0 Å². The van der Waals surface area contributed by atoms with Crippen LogP contribution in [0.5, 0.6) is 0 Å². The maximum absolute atomic E-state index is 13.1. The molecular weight excluding hydrogens is 299 g/mol. The summed E-state index contributed by atoms with van der Waals surface area (Å²) < 4.78 is 93.9. The van der Waals surface area contributed by atoms with E-state index in [-0.39, 0.29) is 6.54 Å². The van der Waals surface area contributed by atoms with Gasteiger partial charge in [0.15, 0.2) is 0 Å². The normalized spacial score (nSPS) is 25.6. The Hall–Kier alpha value is -0.353. The second kappa shape index (κ2) is 4.59. The van der Waals surface area contributed by atoms with Gasteiger partial charge in [-0.3, -0.25) is 4.57 Å². The first kappa shape index (κ1) is 16.7. The number of rotatable bonds is 5. The van der Waals surface area contributed by atoms with E-state index < -0.39 is 39.0 Å². The fourth-order valence-corrected chi connectivity index (χ4v) is 3.62. The Morgan fingerprint density at radius 2 is 1.58 bits per heavy atom. The first-order valence-electron chi connectivity index (χ1n) is 5.40. The van der Waals surface area contributed by atoms with Crippen LogP contribution < -0.4 is 0 Å². The van der Waals surface area contributed by atoms with Crippen LogP contribution in [0.4, 0.5) is 30.7 Å². The molecule has 1 saturated heterocycles. The molecule has 19 heavy (non-hydrogen) atoms. The number of halogens is 7. The van der Waals surface area contributed by atoms with Gasteiger partial charge in [0.1, 0.15) is 0 Å². The lowest BCUT2D eigenvalue weighted by atomic mass is 10.1. The molecule has 0 aromatic rings. The molecule has 0 aromatic heterocycles. The molecule has 114 valence electrons. The predicted octanol–water partition coefficient (Wildman–Crippen LogP) is 3.24. The van der Waals surface area contributed by atoms with Gasteiger partial charge in [-0.15, -0.1) is 0 Å². The average molecular weight is 313 g/mol. The van der Waals surface area contributed by atoms with Gasteiger partial charge >= 0.3 is 18.0 Å². The highest BCUT2D eigenvalue weighted by Gasteiger charge is 2.73. The zero-order valence-corrected chi connectivity index (χ0v) is 11.5. The molecule has 0 amide bonds. The third-order valence-electron chi connectivity index (χ3n) is 3.21. The fourth-order valence-electron chi connectivity index (χ4n) is 1.76. The molecule has 0 bridgehead atoms. The van der Waals surface area contributed by atoms with E-state index in [0.717, 1.165) is 0 Å². The summed E-state index contributed by atoms with van der Waals surface area (Å²) in [6.45, 7) is 3.34. The fraction of sp³-hybridized carbons (Fsp3) is 1.00. The van der Waals surface area contributed by atoms with E-state index in [0.29, 0.717) is 0 Å². The van der Waals surface area contributed by atoms with Crippen molar-refractivity contribution < 1.29 is 35.2 Å². The largest absolute Gasteiger partial charge is 0.459 e. The topological polar surface area (TPSA) is 12.2 Å². The molecular formula is C9H14F7NOSi. The molecule has 1 fully saturated rings. The second-order valence-electron chi connectivity index (χ2n) is 4.94. The zero-order chi connectivity index (χ0) is 15.3. The molecule has 2 atom stereocenters. The van der Waals surface area contributed by atoms with Crippen molar-refractivity contribution in [3.05, 3.63) is 0 Å². The standard InChI is InChI=1S/C9H14F7NOSi/c1-18-19(2,3)17-5-6(17)4-7(10,11)8(12,13)9(14,15)16/h6H,4-5H2,1-3H3. The highest BCUT2D eigenvalue weighted by molar-refractivity contribution is 6.69. The van der Waals surface area contributed by atoms with E-state index in [9.17, 15) is 30.7 Å². The van der Waals surface area contributed by atoms with Crippen molar-refractivity contribution in [3.63, 3.8) is 0 Å². The van der Waals surface area contributed by atoms with Crippen LogP contribution in [0.25, 0.3) is 0 Å². The molecule has 0 aliphatic carbocycles. The van der Waals surface area contributed by atoms with Gasteiger partial charge in [-0.1, -0.05) is 0 Å². The molecule has 1 aliphatic rings. The van der Waals surface area contributed by atoms with Gasteiger partial charge in [0, 0.05) is 26.1 Å². The lowest BCUT2D eigenvalue weighted by Crippen LogP contribution is -2.53. The van der Waals surface area contributed by atoms with E-state index >= 15 is 0 Å². The minimum atomic E-state index is -6.26. The van der Waals surface area contributed by atoms with Gasteiger partial charge in [0.05, 0.1) is 0 Å². The van der Waals surface area contributed by atoms with Crippen LogP contribution in [-0.4, -0.2) is 50.8 Å². The molecule has 0 N–H and O–H groups in total. The Kier molecular flexibility index (Phi) is 4.03. The molecule has 0 spiro atoms. The smallest absolute Gasteiger partial charge is 0.406 e. The van der Waals surface area contributed by atoms with Crippen LogP contribution >= 0.6 is 0 Å². The van der Waals surface area contributed by atoms with Crippen LogP contribution in [0.15, 0.2) is 0 Å². The summed E-state index contributed by atoms with van der Waals surface area (Å²) in [7, 11) is -1.09. The lowest BCUT2D eigenvalue weighted by molar-refractivity contribution is -0.355. The molecule has 0 aromatic carbocycles. The Bertz CT molecular complexity index is 344. The second-order valence-corrected chi connectivity index (χ2v) is 8.81. The Morgan fingerprint density at radius 1 is 1.11 bits per heavy atom. The van der Waals surface area contributed by atoms with Crippen molar-refractivity contribution in [2.45, 2.75) is 43.6 Å². The van der Waals surface area contributed by atoms with Gasteiger partial charge < -0.3 is 4.43 Å². The van der Waals surface area contributed by atoms with E-state index in [2.05, 4.69) is 0 Å². The Morgan fingerprint density at radius 3 is 1.95 bits per heavy atom. The SMILES string of the molecule is CO[Si](C)(C)N1CC1CC(F)(F)C(F)(F)C(F)(F)F. The van der Waals surface area contributed by atoms with Crippen molar-refractivity contribution in [1.82, 2.24) is 4.57 Å². The molecule has 0 saturated carbocycles. The van der Waals surface area contributed by atoms with Crippen molar-refractivity contribution >= 4 is 8.48 Å². The van der Waals surface area contributed by atoms with Crippen LogP contribution in [0.2, 0.25) is 13.1 Å². The highest BCUT2D eigenvalue weighted by Crippen LogP contribution is 2.50. The average Bonchev–Trinajstić information content (AvgIpc) is 2.95. The van der Waals surface area contributed by atoms with E-state index in [1.165, 1.54) is 11.7 Å². The number of hydrogen-bond donors (Lipinski definition) is 0. The van der Waals surface area contributed by atoms with Gasteiger partial charge in [0.25, 0.3) is 8.48 Å². The van der Waals surface area contributed by atoms with Crippen LogP contribution in [-0.2, 0) is 4.43 Å². The van der Waals surface area contributed by atoms with Crippen LogP contribution in [0.3, 0.4) is 0 Å².